The van der Waals surface area contributed by atoms with E-state index in [1.54, 1.807) is 0 Å². The van der Waals surface area contributed by atoms with E-state index in [2.05, 4.69) is 46.9 Å². The molecule has 0 N–H and O–H groups in total. The molecule has 0 aliphatic heterocycles. The summed E-state index contributed by atoms with van der Waals surface area (Å²) in [6.45, 7) is 12.7. The first kappa shape index (κ1) is 23.2. The van der Waals surface area contributed by atoms with Gasteiger partial charge < -0.3 is 30.1 Å². The molecule has 0 bridgehead atoms. The second-order valence-corrected chi connectivity index (χ2v) is 4.45. The van der Waals surface area contributed by atoms with Crippen molar-refractivity contribution in [3.05, 3.63) is 5.32 Å². The van der Waals surface area contributed by atoms with Gasteiger partial charge in [0, 0.05) is 0 Å². The first-order valence-electron chi connectivity index (χ1n) is 3.45. The summed E-state index contributed by atoms with van der Waals surface area (Å²) in [6, 6.07) is 0. The Morgan fingerprint density at radius 3 is 0.833 bits per heavy atom. The Hall–Kier alpha value is 1.25. The van der Waals surface area contributed by atoms with Gasteiger partial charge in [-0.05, 0) is 0 Å². The van der Waals surface area contributed by atoms with Crippen LogP contribution in [0.4, 0.5) is 0 Å². The maximum absolute atomic E-state index is 4.54. The van der Waals surface area contributed by atoms with Gasteiger partial charge in [-0.1, -0.05) is 41.5 Å². The summed E-state index contributed by atoms with van der Waals surface area (Å²) in [5.74, 6) is 0. The van der Waals surface area contributed by atoms with Crippen molar-refractivity contribution in [2.24, 2.45) is 0 Å². The van der Waals surface area contributed by atoms with Gasteiger partial charge in [0.2, 0.25) is 0 Å². The molecule has 73 valence electrons. The number of nitrogens with zero attached hydrogens (tertiary/aromatic N) is 1. The van der Waals surface area contributed by atoms with Crippen molar-refractivity contribution in [1.82, 2.24) is 0 Å². The van der Waals surface area contributed by atoms with Crippen LogP contribution in [0.25, 0.3) is 5.32 Å². The molecule has 0 rings (SSSR count). The van der Waals surface area contributed by atoms with Crippen LogP contribution in [0.5, 0.6) is 0 Å². The third-order valence-electron chi connectivity index (χ3n) is 0.671. The second-order valence-electron chi connectivity index (χ2n) is 4.45. The summed E-state index contributed by atoms with van der Waals surface area (Å²) in [7, 11) is 0. The fourth-order valence-corrected chi connectivity index (χ4v) is 1.01. The second kappa shape index (κ2) is 7.64. The van der Waals surface area contributed by atoms with Crippen molar-refractivity contribution in [2.75, 3.05) is 0 Å². The van der Waals surface area contributed by atoms with Crippen LogP contribution < -0.4 is 24.8 Å². The van der Waals surface area contributed by atoms with E-state index in [9.17, 15) is 0 Å². The van der Waals surface area contributed by atoms with Crippen LogP contribution in [-0.2, 0) is 21.7 Å². The van der Waals surface area contributed by atoms with Gasteiger partial charge >= 0.3 is 21.7 Å². The normalized spacial score (nSPS) is 10.5. The Labute approximate surface area is 104 Å². The first-order chi connectivity index (χ1) is 3.71. The molecule has 0 aromatic rings. The summed E-state index contributed by atoms with van der Waals surface area (Å²) in [6.07, 6.45) is 0. The Morgan fingerprint density at radius 1 is 0.667 bits per heavy atom. The van der Waals surface area contributed by atoms with E-state index in [-0.39, 0.29) is 57.6 Å². The Bertz CT molecular complexity index is 82.2. The van der Waals surface area contributed by atoms with E-state index in [0.29, 0.717) is 0 Å². The van der Waals surface area contributed by atoms with Crippen molar-refractivity contribution < 1.29 is 46.5 Å². The molecule has 0 spiro atoms. The number of hydrogen-bond acceptors (Lipinski definition) is 0. The van der Waals surface area contributed by atoms with Gasteiger partial charge in [0.05, 0.1) is 0 Å². The molecule has 1 nitrogen and oxygen atoms in total. The van der Waals surface area contributed by atoms with Gasteiger partial charge in [-0.15, -0.1) is 11.1 Å². The number of halogens is 2. The Balaban J connectivity index is -0.000000107. The Kier molecular flexibility index (Phi) is 14.8. The minimum atomic E-state index is 0. The molecule has 0 amide bonds. The van der Waals surface area contributed by atoms with E-state index in [4.69, 9.17) is 0 Å². The quantitative estimate of drug-likeness (QED) is 0.404. The predicted molar refractivity (Wildman–Crippen MR) is 42.9 cm³/mol. The summed E-state index contributed by atoms with van der Waals surface area (Å²) in [5.41, 5.74) is 0.219. The molecule has 0 aliphatic carbocycles. The average molecular weight is 247 g/mol. The maximum atomic E-state index is 4.54. The largest absolute Gasteiger partial charge is 3.00 e. The van der Waals surface area contributed by atoms with Crippen LogP contribution in [0, 0.1) is 0 Å². The molecule has 0 unspecified atom stereocenters. The molecule has 0 fully saturated rings. The molecule has 0 heterocycles. The minimum absolute atomic E-state index is 0. The monoisotopic (exact) mass is 246 g/mol. The fourth-order valence-electron chi connectivity index (χ4n) is 1.01. The zero-order valence-corrected chi connectivity index (χ0v) is 11.8. The molecular formula is C8H18Cl2NTi. The van der Waals surface area contributed by atoms with Crippen LogP contribution in [0.1, 0.15) is 41.5 Å². The van der Waals surface area contributed by atoms with Gasteiger partial charge in [-0.25, -0.2) is 0 Å². The molecule has 0 aromatic carbocycles. The molecule has 4 heteroatoms. The first-order valence-corrected chi connectivity index (χ1v) is 3.45. The van der Waals surface area contributed by atoms with E-state index < -0.39 is 0 Å². The summed E-state index contributed by atoms with van der Waals surface area (Å²) >= 11 is 0. The standard InChI is InChI=1S/C8H18N.2ClH.Ti/c1-7(2,3)9-8(4,5)6;;;/h1-6H3;2*1H;/q-1;;;+3/p-2. The molecule has 0 atom stereocenters. The van der Waals surface area contributed by atoms with E-state index in [1.807, 2.05) is 0 Å². The maximum Gasteiger partial charge on any atom is 3.00 e. The smallest absolute Gasteiger partial charge is 1.00 e. The molecule has 0 saturated carbocycles. The van der Waals surface area contributed by atoms with E-state index in [0.717, 1.165) is 0 Å². The van der Waals surface area contributed by atoms with Gasteiger partial charge in [-0.2, -0.15) is 0 Å². The SMILES string of the molecule is CC(C)(C)[N-]C(C)(C)C.[Cl-].[Cl-].[Ti+3]. The topological polar surface area (TPSA) is 14.1 Å². The number of rotatable bonds is 0. The van der Waals surface area contributed by atoms with Crippen molar-refractivity contribution in [3.8, 4) is 0 Å². The van der Waals surface area contributed by atoms with E-state index >= 15 is 0 Å². The molecule has 12 heavy (non-hydrogen) atoms. The predicted octanol–water partition coefficient (Wildman–Crippen LogP) is -3.04. The summed E-state index contributed by atoms with van der Waals surface area (Å²) < 4.78 is 0. The molecule has 0 aromatic heterocycles. The van der Waals surface area contributed by atoms with Crippen LogP contribution in [0.3, 0.4) is 0 Å². The molecule has 0 aliphatic rings. The third kappa shape index (κ3) is 22.5. The van der Waals surface area contributed by atoms with Crippen molar-refractivity contribution in [3.63, 3.8) is 0 Å². The van der Waals surface area contributed by atoms with Crippen LogP contribution in [0.2, 0.25) is 0 Å². The minimum Gasteiger partial charge on any atom is -1.00 e. The molecular weight excluding hydrogens is 229 g/mol. The van der Waals surface area contributed by atoms with Crippen LogP contribution in [-0.4, -0.2) is 11.1 Å². The molecule has 1 radical (unpaired) electrons. The van der Waals surface area contributed by atoms with Crippen molar-refractivity contribution in [2.45, 2.75) is 52.6 Å². The van der Waals surface area contributed by atoms with Crippen LogP contribution in [0.15, 0.2) is 0 Å². The van der Waals surface area contributed by atoms with Crippen molar-refractivity contribution in [1.29, 1.82) is 0 Å². The zero-order valence-electron chi connectivity index (χ0n) is 8.70. The van der Waals surface area contributed by atoms with Crippen molar-refractivity contribution >= 4 is 0 Å². The summed E-state index contributed by atoms with van der Waals surface area (Å²) in [5, 5.41) is 4.54. The fraction of sp³-hybridized carbons (Fsp3) is 1.00. The number of hydrogen-bond donors (Lipinski definition) is 0. The van der Waals surface area contributed by atoms with Gasteiger partial charge in [-0.3, -0.25) is 0 Å². The zero-order chi connectivity index (χ0) is 7.71. The Morgan fingerprint density at radius 2 is 0.833 bits per heavy atom. The van der Waals surface area contributed by atoms with Gasteiger partial charge in [0.25, 0.3) is 0 Å². The third-order valence-corrected chi connectivity index (χ3v) is 0.671. The van der Waals surface area contributed by atoms with Gasteiger partial charge in [0.15, 0.2) is 0 Å². The van der Waals surface area contributed by atoms with Crippen LogP contribution >= 0.6 is 0 Å². The summed E-state index contributed by atoms with van der Waals surface area (Å²) in [4.78, 5) is 0. The average Bonchev–Trinajstić information content (AvgIpc) is 1.14. The van der Waals surface area contributed by atoms with E-state index in [1.165, 1.54) is 0 Å². The van der Waals surface area contributed by atoms with Gasteiger partial charge in [0.1, 0.15) is 0 Å². The molecule has 0 saturated heterocycles.